The Morgan fingerprint density at radius 2 is 2.00 bits per heavy atom. The van der Waals surface area contributed by atoms with Crippen molar-refractivity contribution in [3.05, 3.63) is 34.9 Å². The van der Waals surface area contributed by atoms with Crippen molar-refractivity contribution in [1.82, 2.24) is 0 Å². The highest BCUT2D eigenvalue weighted by Gasteiger charge is 2.17. The number of halogens is 1. The van der Waals surface area contributed by atoms with Gasteiger partial charge in [-0.05, 0) is 19.9 Å². The van der Waals surface area contributed by atoms with Crippen LogP contribution in [0.25, 0.3) is 0 Å². The maximum absolute atomic E-state index is 11.8. The van der Waals surface area contributed by atoms with E-state index in [-0.39, 0.29) is 24.7 Å². The van der Waals surface area contributed by atoms with E-state index in [4.69, 9.17) is 16.3 Å². The van der Waals surface area contributed by atoms with Crippen LogP contribution in [0.3, 0.4) is 0 Å². The SMILES string of the molecule is CCOC(=O)c1cc(C)ccc1C(=O)CCCl. The van der Waals surface area contributed by atoms with E-state index in [1.165, 1.54) is 0 Å². The second-order valence-electron chi connectivity index (χ2n) is 3.63. The number of alkyl halides is 1. The number of carbonyl (C=O) groups excluding carboxylic acids is 2. The van der Waals surface area contributed by atoms with E-state index in [0.29, 0.717) is 11.1 Å². The lowest BCUT2D eigenvalue weighted by Crippen LogP contribution is -2.12. The highest BCUT2D eigenvalue weighted by Crippen LogP contribution is 2.15. The van der Waals surface area contributed by atoms with E-state index in [2.05, 4.69) is 0 Å². The smallest absolute Gasteiger partial charge is 0.338 e. The summed E-state index contributed by atoms with van der Waals surface area (Å²) >= 11 is 5.53. The molecule has 1 aromatic rings. The Kier molecular flexibility index (Phi) is 5.16. The zero-order valence-corrected chi connectivity index (χ0v) is 10.7. The fraction of sp³-hybridized carbons (Fsp3) is 0.385. The molecule has 0 N–H and O–H groups in total. The number of benzene rings is 1. The summed E-state index contributed by atoms with van der Waals surface area (Å²) in [6, 6.07) is 5.11. The predicted octanol–water partition coefficient (Wildman–Crippen LogP) is 2.98. The molecule has 3 nitrogen and oxygen atoms in total. The fourth-order valence-corrected chi connectivity index (χ4v) is 1.67. The molecule has 0 aliphatic heterocycles. The molecule has 0 heterocycles. The maximum Gasteiger partial charge on any atom is 0.338 e. The van der Waals surface area contributed by atoms with Crippen LogP contribution in [-0.4, -0.2) is 24.2 Å². The van der Waals surface area contributed by atoms with Crippen LogP contribution in [0.5, 0.6) is 0 Å². The van der Waals surface area contributed by atoms with Gasteiger partial charge < -0.3 is 4.74 Å². The Hall–Kier alpha value is -1.35. The van der Waals surface area contributed by atoms with Crippen LogP contribution in [-0.2, 0) is 4.74 Å². The van der Waals surface area contributed by atoms with Crippen LogP contribution in [0, 0.1) is 6.92 Å². The van der Waals surface area contributed by atoms with Gasteiger partial charge in [0.2, 0.25) is 0 Å². The Bertz CT molecular complexity index is 427. The lowest BCUT2D eigenvalue weighted by Gasteiger charge is -2.08. The first-order chi connectivity index (χ1) is 8.10. The van der Waals surface area contributed by atoms with Crippen molar-refractivity contribution < 1.29 is 14.3 Å². The van der Waals surface area contributed by atoms with E-state index in [1.54, 1.807) is 25.1 Å². The predicted molar refractivity (Wildman–Crippen MR) is 66.8 cm³/mol. The molecule has 4 heteroatoms. The number of esters is 1. The van der Waals surface area contributed by atoms with Crippen molar-refractivity contribution in [3.63, 3.8) is 0 Å². The first-order valence-electron chi connectivity index (χ1n) is 5.47. The van der Waals surface area contributed by atoms with Crippen LogP contribution in [0.1, 0.15) is 39.6 Å². The standard InChI is InChI=1S/C13H15ClO3/c1-3-17-13(16)11-8-9(2)4-5-10(11)12(15)6-7-14/h4-5,8H,3,6-7H2,1-2H3. The van der Waals surface area contributed by atoms with Gasteiger partial charge in [0.15, 0.2) is 5.78 Å². The molecular weight excluding hydrogens is 240 g/mol. The number of hydrogen-bond acceptors (Lipinski definition) is 3. The van der Waals surface area contributed by atoms with Gasteiger partial charge >= 0.3 is 5.97 Å². The minimum atomic E-state index is -0.464. The van der Waals surface area contributed by atoms with E-state index in [0.717, 1.165) is 5.56 Å². The topological polar surface area (TPSA) is 43.4 Å². The van der Waals surface area contributed by atoms with Crippen LogP contribution in [0.4, 0.5) is 0 Å². The van der Waals surface area contributed by atoms with Crippen molar-refractivity contribution in [2.24, 2.45) is 0 Å². The van der Waals surface area contributed by atoms with Crippen molar-refractivity contribution in [2.45, 2.75) is 20.3 Å². The summed E-state index contributed by atoms with van der Waals surface area (Å²) in [5, 5.41) is 0. The van der Waals surface area contributed by atoms with Crippen LogP contribution >= 0.6 is 11.6 Å². The summed E-state index contributed by atoms with van der Waals surface area (Å²) in [6.07, 6.45) is 0.219. The quantitative estimate of drug-likeness (QED) is 0.461. The lowest BCUT2D eigenvalue weighted by atomic mass is 10.00. The molecule has 0 bridgehead atoms. The molecule has 17 heavy (non-hydrogen) atoms. The van der Waals surface area contributed by atoms with Crippen LogP contribution in [0.2, 0.25) is 0 Å². The van der Waals surface area contributed by atoms with Gasteiger partial charge in [0.25, 0.3) is 0 Å². The van der Waals surface area contributed by atoms with Crippen molar-refractivity contribution in [2.75, 3.05) is 12.5 Å². The zero-order chi connectivity index (χ0) is 12.8. The fourth-order valence-electron chi connectivity index (χ4n) is 1.50. The molecule has 0 aliphatic rings. The third kappa shape index (κ3) is 3.56. The minimum Gasteiger partial charge on any atom is -0.462 e. The zero-order valence-electron chi connectivity index (χ0n) is 9.96. The van der Waals surface area contributed by atoms with Gasteiger partial charge in [-0.25, -0.2) is 4.79 Å². The van der Waals surface area contributed by atoms with Crippen molar-refractivity contribution >= 4 is 23.4 Å². The second-order valence-corrected chi connectivity index (χ2v) is 4.01. The molecule has 0 atom stereocenters. The van der Waals surface area contributed by atoms with Gasteiger partial charge in [-0.1, -0.05) is 17.7 Å². The Morgan fingerprint density at radius 1 is 1.29 bits per heavy atom. The number of ketones is 1. The Balaban J connectivity index is 3.11. The largest absolute Gasteiger partial charge is 0.462 e. The third-order valence-electron chi connectivity index (χ3n) is 2.29. The average Bonchev–Trinajstić information content (AvgIpc) is 2.29. The highest BCUT2D eigenvalue weighted by molar-refractivity contribution is 6.20. The number of Topliss-reactive ketones (excluding diaryl/α,β-unsaturated/α-hetero) is 1. The van der Waals surface area contributed by atoms with E-state index >= 15 is 0 Å². The van der Waals surface area contributed by atoms with Gasteiger partial charge in [0, 0.05) is 17.9 Å². The first kappa shape index (κ1) is 13.7. The number of rotatable bonds is 5. The summed E-state index contributed by atoms with van der Waals surface area (Å²) in [5.41, 5.74) is 1.62. The van der Waals surface area contributed by atoms with Gasteiger partial charge in [0.05, 0.1) is 12.2 Å². The van der Waals surface area contributed by atoms with E-state index in [9.17, 15) is 9.59 Å². The molecule has 1 aromatic carbocycles. The Labute approximate surface area is 106 Å². The monoisotopic (exact) mass is 254 g/mol. The maximum atomic E-state index is 11.8. The van der Waals surface area contributed by atoms with Gasteiger partial charge in [-0.2, -0.15) is 0 Å². The molecular formula is C13H15ClO3. The molecule has 0 saturated heterocycles. The molecule has 0 aromatic heterocycles. The summed E-state index contributed by atoms with van der Waals surface area (Å²) in [5.74, 6) is -0.355. The molecule has 0 spiro atoms. The molecule has 0 aliphatic carbocycles. The highest BCUT2D eigenvalue weighted by atomic mass is 35.5. The number of ether oxygens (including phenoxy) is 1. The number of aryl methyl sites for hydroxylation is 1. The lowest BCUT2D eigenvalue weighted by molar-refractivity contribution is 0.0523. The molecule has 0 fully saturated rings. The van der Waals surface area contributed by atoms with Gasteiger partial charge in [-0.15, -0.1) is 11.6 Å². The van der Waals surface area contributed by atoms with Gasteiger partial charge in [0.1, 0.15) is 0 Å². The second kappa shape index (κ2) is 6.40. The normalized spacial score (nSPS) is 10.1. The first-order valence-corrected chi connectivity index (χ1v) is 6.00. The minimum absolute atomic E-state index is 0.136. The van der Waals surface area contributed by atoms with Crippen molar-refractivity contribution in [3.8, 4) is 0 Å². The summed E-state index contributed by atoms with van der Waals surface area (Å²) in [7, 11) is 0. The van der Waals surface area contributed by atoms with Crippen LogP contribution < -0.4 is 0 Å². The van der Waals surface area contributed by atoms with E-state index in [1.807, 2.05) is 6.92 Å². The molecule has 0 amide bonds. The molecule has 0 unspecified atom stereocenters. The molecule has 0 saturated carbocycles. The number of carbonyl (C=O) groups is 2. The third-order valence-corrected chi connectivity index (χ3v) is 2.48. The summed E-state index contributed by atoms with van der Waals surface area (Å²) < 4.78 is 4.93. The Morgan fingerprint density at radius 3 is 2.59 bits per heavy atom. The summed E-state index contributed by atoms with van der Waals surface area (Å²) in [4.78, 5) is 23.5. The summed E-state index contributed by atoms with van der Waals surface area (Å²) in [6.45, 7) is 3.88. The van der Waals surface area contributed by atoms with Crippen LogP contribution in [0.15, 0.2) is 18.2 Å². The van der Waals surface area contributed by atoms with Crippen molar-refractivity contribution in [1.29, 1.82) is 0 Å². The van der Waals surface area contributed by atoms with Gasteiger partial charge in [-0.3, -0.25) is 4.79 Å². The average molecular weight is 255 g/mol. The van der Waals surface area contributed by atoms with E-state index < -0.39 is 5.97 Å². The molecule has 92 valence electrons. The molecule has 0 radical (unpaired) electrons. The number of hydrogen-bond donors (Lipinski definition) is 0. The molecule has 1 rings (SSSR count).